The third kappa shape index (κ3) is 4.99. The van der Waals surface area contributed by atoms with Crippen molar-refractivity contribution in [3.8, 4) is 22.3 Å². The Morgan fingerprint density at radius 3 is 1.78 bits per heavy atom. The summed E-state index contributed by atoms with van der Waals surface area (Å²) >= 11 is 1.89. The molecule has 0 spiro atoms. The minimum absolute atomic E-state index is 1.12. The molecule has 10 aromatic carbocycles. The predicted molar refractivity (Wildman–Crippen MR) is 235 cm³/mol. The van der Waals surface area contributed by atoms with Crippen molar-refractivity contribution in [1.29, 1.82) is 0 Å². The first-order valence-corrected chi connectivity index (χ1v) is 19.3. The molecule has 54 heavy (non-hydrogen) atoms. The van der Waals surface area contributed by atoms with Crippen LogP contribution in [0.1, 0.15) is 0 Å². The average Bonchev–Trinajstić information content (AvgIpc) is 3.63. The number of hydrogen-bond donors (Lipinski definition) is 0. The normalized spacial score (nSPS) is 11.7. The van der Waals surface area contributed by atoms with Crippen LogP contribution in [0.25, 0.3) is 85.5 Å². The lowest BCUT2D eigenvalue weighted by molar-refractivity contribution is 1.30. The van der Waals surface area contributed by atoms with Crippen LogP contribution in [0.4, 0.5) is 17.1 Å². The van der Waals surface area contributed by atoms with Crippen molar-refractivity contribution < 1.29 is 0 Å². The molecule has 11 rings (SSSR count). The summed E-state index contributed by atoms with van der Waals surface area (Å²) in [5.41, 5.74) is 8.20. The Balaban J connectivity index is 1.08. The Hall–Kier alpha value is -6.74. The molecule has 1 heterocycles. The second-order valence-electron chi connectivity index (χ2n) is 14.1. The molecule has 11 aromatic rings. The third-order valence-electron chi connectivity index (χ3n) is 11.0. The van der Waals surface area contributed by atoms with E-state index in [0.717, 1.165) is 17.1 Å². The molecule has 0 aliphatic rings. The van der Waals surface area contributed by atoms with E-state index in [1.807, 2.05) is 11.3 Å². The highest BCUT2D eigenvalue weighted by molar-refractivity contribution is 7.26. The van der Waals surface area contributed by atoms with Crippen LogP contribution in [0.5, 0.6) is 0 Å². The molecule has 0 atom stereocenters. The van der Waals surface area contributed by atoms with Gasteiger partial charge in [-0.3, -0.25) is 0 Å². The van der Waals surface area contributed by atoms with Gasteiger partial charge < -0.3 is 4.90 Å². The van der Waals surface area contributed by atoms with Gasteiger partial charge in [0.2, 0.25) is 0 Å². The molecule has 0 aliphatic heterocycles. The van der Waals surface area contributed by atoms with Gasteiger partial charge in [0.1, 0.15) is 0 Å². The van der Waals surface area contributed by atoms with Gasteiger partial charge >= 0.3 is 0 Å². The minimum atomic E-state index is 1.12. The van der Waals surface area contributed by atoms with E-state index in [-0.39, 0.29) is 0 Å². The number of anilines is 3. The number of thiophene rings is 1. The molecule has 0 saturated carbocycles. The van der Waals surface area contributed by atoms with Gasteiger partial charge in [-0.1, -0.05) is 158 Å². The summed E-state index contributed by atoms with van der Waals surface area (Å²) in [6.45, 7) is 0. The van der Waals surface area contributed by atoms with Crippen LogP contribution < -0.4 is 4.90 Å². The molecular weight excluding hydrogens is 671 g/mol. The summed E-state index contributed by atoms with van der Waals surface area (Å²) in [5.74, 6) is 0. The molecule has 0 N–H and O–H groups in total. The monoisotopic (exact) mass is 703 g/mol. The number of rotatable bonds is 5. The summed E-state index contributed by atoms with van der Waals surface area (Å²) in [4.78, 5) is 2.43. The van der Waals surface area contributed by atoms with Gasteiger partial charge in [-0.25, -0.2) is 0 Å². The molecule has 1 nitrogen and oxygen atoms in total. The SMILES string of the molecule is c1ccc(-c2cccc(N(c3ccc(-c4ccc5ccc6ccc7ccccc7c6c5c4)cc3)c3cccc4c3ccc3c5ccccc5sc43)c2)cc1. The first-order chi connectivity index (χ1) is 26.8. The number of hydrogen-bond acceptors (Lipinski definition) is 2. The van der Waals surface area contributed by atoms with Crippen molar-refractivity contribution in [3.05, 3.63) is 200 Å². The van der Waals surface area contributed by atoms with Crippen LogP contribution >= 0.6 is 11.3 Å². The van der Waals surface area contributed by atoms with Crippen LogP contribution in [0, 0.1) is 0 Å². The molecule has 2 heteroatoms. The third-order valence-corrected chi connectivity index (χ3v) is 12.2. The van der Waals surface area contributed by atoms with E-state index >= 15 is 0 Å². The molecule has 0 aliphatic carbocycles. The standard InChI is InChI=1S/C52H33NS/c1-2-10-34(11-3-1)39-13-8-14-42(32-39)53(49-18-9-17-46-44(49)30-31-47-45-16-6-7-19-50(45)54-52(46)47)41-28-26-35(27-29-41)40-25-22-37-21-24-38-23-20-36-12-4-5-15-43(36)51(38)48(37)33-40/h1-33H. The van der Waals surface area contributed by atoms with Crippen molar-refractivity contribution in [2.24, 2.45) is 0 Å². The largest absolute Gasteiger partial charge is 0.310 e. The van der Waals surface area contributed by atoms with E-state index < -0.39 is 0 Å². The van der Waals surface area contributed by atoms with Gasteiger partial charge in [0.15, 0.2) is 0 Å². The maximum atomic E-state index is 2.43. The van der Waals surface area contributed by atoms with Gasteiger partial charge in [0, 0.05) is 42.3 Å². The highest BCUT2D eigenvalue weighted by atomic mass is 32.1. The lowest BCUT2D eigenvalue weighted by atomic mass is 9.94. The smallest absolute Gasteiger partial charge is 0.0540 e. The zero-order valence-electron chi connectivity index (χ0n) is 29.4. The fourth-order valence-corrected chi connectivity index (χ4v) is 9.64. The van der Waals surface area contributed by atoms with Crippen molar-refractivity contribution in [3.63, 3.8) is 0 Å². The summed E-state index contributed by atoms with van der Waals surface area (Å²) in [7, 11) is 0. The molecule has 252 valence electrons. The van der Waals surface area contributed by atoms with Crippen LogP contribution in [0.2, 0.25) is 0 Å². The number of nitrogens with zero attached hydrogens (tertiary/aromatic N) is 1. The highest BCUT2D eigenvalue weighted by Crippen LogP contribution is 2.45. The van der Waals surface area contributed by atoms with E-state index in [1.165, 1.54) is 85.5 Å². The molecule has 0 fully saturated rings. The van der Waals surface area contributed by atoms with Crippen LogP contribution in [0.3, 0.4) is 0 Å². The molecule has 0 radical (unpaired) electrons. The number of benzene rings is 10. The Morgan fingerprint density at radius 1 is 0.315 bits per heavy atom. The van der Waals surface area contributed by atoms with E-state index in [0.29, 0.717) is 0 Å². The Morgan fingerprint density at radius 2 is 0.907 bits per heavy atom. The van der Waals surface area contributed by atoms with Crippen molar-refractivity contribution in [2.45, 2.75) is 0 Å². The Kier molecular flexibility index (Phi) is 7.11. The Bertz CT molecular complexity index is 3210. The van der Waals surface area contributed by atoms with E-state index in [1.54, 1.807) is 0 Å². The second-order valence-corrected chi connectivity index (χ2v) is 15.1. The summed E-state index contributed by atoms with van der Waals surface area (Å²) < 4.78 is 2.66. The van der Waals surface area contributed by atoms with E-state index in [9.17, 15) is 0 Å². The molecule has 0 amide bonds. The molecule has 0 saturated heterocycles. The van der Waals surface area contributed by atoms with Crippen LogP contribution in [-0.2, 0) is 0 Å². The fraction of sp³-hybridized carbons (Fsp3) is 0. The maximum Gasteiger partial charge on any atom is 0.0540 e. The highest BCUT2D eigenvalue weighted by Gasteiger charge is 2.19. The lowest BCUT2D eigenvalue weighted by Crippen LogP contribution is -2.10. The zero-order chi connectivity index (χ0) is 35.6. The lowest BCUT2D eigenvalue weighted by Gasteiger charge is -2.27. The molecular formula is C52H33NS. The first-order valence-electron chi connectivity index (χ1n) is 18.5. The van der Waals surface area contributed by atoms with E-state index in [4.69, 9.17) is 0 Å². The van der Waals surface area contributed by atoms with Gasteiger partial charge in [0.25, 0.3) is 0 Å². The van der Waals surface area contributed by atoms with Crippen molar-refractivity contribution >= 4 is 91.7 Å². The summed E-state index contributed by atoms with van der Waals surface area (Å²) in [5, 5.41) is 12.8. The van der Waals surface area contributed by atoms with Gasteiger partial charge in [-0.05, 0) is 97.0 Å². The first kappa shape index (κ1) is 30.8. The quantitative estimate of drug-likeness (QED) is 0.161. The molecule has 0 unspecified atom stereocenters. The summed E-state index contributed by atoms with van der Waals surface area (Å²) in [6.07, 6.45) is 0. The van der Waals surface area contributed by atoms with Crippen molar-refractivity contribution in [2.75, 3.05) is 4.90 Å². The number of fused-ring (bicyclic) bond motifs is 10. The van der Waals surface area contributed by atoms with Gasteiger partial charge in [0.05, 0.1) is 5.69 Å². The summed E-state index contributed by atoms with van der Waals surface area (Å²) in [6, 6.07) is 73.5. The topological polar surface area (TPSA) is 3.24 Å². The van der Waals surface area contributed by atoms with Crippen molar-refractivity contribution in [1.82, 2.24) is 0 Å². The average molecular weight is 704 g/mol. The second kappa shape index (κ2) is 12.4. The predicted octanol–water partition coefficient (Wildman–Crippen LogP) is 15.5. The fourth-order valence-electron chi connectivity index (χ4n) is 8.41. The van der Waals surface area contributed by atoms with E-state index in [2.05, 4.69) is 205 Å². The van der Waals surface area contributed by atoms with Gasteiger partial charge in [-0.15, -0.1) is 11.3 Å². The van der Waals surface area contributed by atoms with Crippen LogP contribution in [0.15, 0.2) is 200 Å². The Labute approximate surface area is 317 Å². The molecule has 1 aromatic heterocycles. The minimum Gasteiger partial charge on any atom is -0.310 e. The van der Waals surface area contributed by atoms with Gasteiger partial charge in [-0.2, -0.15) is 0 Å². The molecule has 0 bridgehead atoms. The maximum absolute atomic E-state index is 2.43. The zero-order valence-corrected chi connectivity index (χ0v) is 30.2. The van der Waals surface area contributed by atoms with Crippen LogP contribution in [-0.4, -0.2) is 0 Å².